The third kappa shape index (κ3) is 7.75. The second kappa shape index (κ2) is 11.9. The molecule has 3 N–H and O–H groups in total. The third-order valence-corrected chi connectivity index (χ3v) is 7.07. The van der Waals surface area contributed by atoms with Gasteiger partial charge in [-0.3, -0.25) is 19.3 Å². The number of nitrogens with zero attached hydrogens (tertiary/aromatic N) is 1. The summed E-state index contributed by atoms with van der Waals surface area (Å²) in [6.07, 6.45) is 1.46. The first kappa shape index (κ1) is 25.5. The maximum atomic E-state index is 12.4. The van der Waals surface area contributed by atoms with Crippen molar-refractivity contribution >= 4 is 33.3 Å². The number of hydrogen-bond donors (Lipinski definition) is 3. The molecule has 0 unspecified atom stereocenters. The molecule has 0 saturated carbocycles. The van der Waals surface area contributed by atoms with Gasteiger partial charge >= 0.3 is 0 Å². The number of benzene rings is 2. The van der Waals surface area contributed by atoms with Crippen molar-refractivity contribution in [3.8, 4) is 0 Å². The number of piperidine rings is 1. The molecule has 10 heteroatoms. The lowest BCUT2D eigenvalue weighted by atomic mass is 10.0. The monoisotopic (exact) mass is 486 g/mol. The molecule has 2 aromatic rings. The number of anilines is 1. The van der Waals surface area contributed by atoms with Crippen molar-refractivity contribution in [3.05, 3.63) is 60.2 Å². The third-order valence-electron chi connectivity index (χ3n) is 5.59. The number of carbonyl (C=O) groups is 3. The first-order valence-corrected chi connectivity index (χ1v) is 12.7. The van der Waals surface area contributed by atoms with E-state index in [0.29, 0.717) is 25.2 Å². The van der Waals surface area contributed by atoms with Crippen LogP contribution in [-0.2, 0) is 19.6 Å². The fraction of sp³-hybridized carbons (Fsp3) is 0.375. The Kier molecular flexibility index (Phi) is 8.91. The minimum absolute atomic E-state index is 0.00309. The van der Waals surface area contributed by atoms with Gasteiger partial charge in [-0.15, -0.1) is 0 Å². The van der Waals surface area contributed by atoms with Crippen LogP contribution in [0.5, 0.6) is 0 Å². The molecule has 0 aromatic heterocycles. The fourth-order valence-electron chi connectivity index (χ4n) is 3.71. The van der Waals surface area contributed by atoms with Crippen LogP contribution in [0, 0.1) is 0 Å². The average molecular weight is 487 g/mol. The van der Waals surface area contributed by atoms with E-state index in [-0.39, 0.29) is 41.5 Å². The first-order chi connectivity index (χ1) is 16.2. The Morgan fingerprint density at radius 1 is 0.941 bits per heavy atom. The quantitative estimate of drug-likeness (QED) is 0.440. The molecule has 0 aliphatic carbocycles. The maximum Gasteiger partial charge on any atom is 0.240 e. The van der Waals surface area contributed by atoms with E-state index in [4.69, 9.17) is 0 Å². The molecule has 1 aliphatic rings. The van der Waals surface area contributed by atoms with Crippen LogP contribution in [0.25, 0.3) is 0 Å². The lowest BCUT2D eigenvalue weighted by Gasteiger charge is -2.31. The summed E-state index contributed by atoms with van der Waals surface area (Å²) in [7, 11) is -3.76. The van der Waals surface area contributed by atoms with E-state index in [0.717, 1.165) is 18.5 Å². The van der Waals surface area contributed by atoms with E-state index < -0.39 is 10.0 Å². The molecular weight excluding hydrogens is 456 g/mol. The summed E-state index contributed by atoms with van der Waals surface area (Å²) in [6, 6.07) is 14.9. The summed E-state index contributed by atoms with van der Waals surface area (Å²) < 4.78 is 27.1. The SMILES string of the molecule is CC(=O)c1ccc(S(=O)(=O)NCCC(=O)NC2CCN(CC(=O)Nc3ccccc3)CC2)cc1. The Labute approximate surface area is 200 Å². The van der Waals surface area contributed by atoms with Crippen molar-refractivity contribution in [2.75, 3.05) is 31.5 Å². The molecule has 0 radical (unpaired) electrons. The number of amides is 2. The molecule has 0 atom stereocenters. The van der Waals surface area contributed by atoms with Gasteiger partial charge in [-0.05, 0) is 44.0 Å². The summed E-state index contributed by atoms with van der Waals surface area (Å²) in [5.74, 6) is -0.443. The number of ketones is 1. The van der Waals surface area contributed by atoms with E-state index in [9.17, 15) is 22.8 Å². The van der Waals surface area contributed by atoms with Gasteiger partial charge in [0.1, 0.15) is 0 Å². The number of sulfonamides is 1. The Morgan fingerprint density at radius 2 is 1.59 bits per heavy atom. The van der Waals surface area contributed by atoms with E-state index in [1.165, 1.54) is 31.2 Å². The van der Waals surface area contributed by atoms with Crippen LogP contribution in [0.15, 0.2) is 59.5 Å². The lowest BCUT2D eigenvalue weighted by Crippen LogP contribution is -2.47. The van der Waals surface area contributed by atoms with Gasteiger partial charge < -0.3 is 10.6 Å². The molecule has 2 aromatic carbocycles. The van der Waals surface area contributed by atoms with Crippen molar-refractivity contribution in [1.29, 1.82) is 0 Å². The van der Waals surface area contributed by atoms with Gasteiger partial charge in [0.15, 0.2) is 5.78 Å². The highest BCUT2D eigenvalue weighted by molar-refractivity contribution is 7.89. The van der Waals surface area contributed by atoms with E-state index in [1.54, 1.807) is 0 Å². The normalized spacial score (nSPS) is 15.0. The van der Waals surface area contributed by atoms with Crippen LogP contribution in [0.1, 0.15) is 36.5 Å². The summed E-state index contributed by atoms with van der Waals surface area (Å²) in [4.78, 5) is 37.9. The zero-order valence-electron chi connectivity index (χ0n) is 19.1. The number of para-hydroxylation sites is 1. The predicted octanol–water partition coefficient (Wildman–Crippen LogP) is 1.78. The molecule has 2 amide bonds. The van der Waals surface area contributed by atoms with Gasteiger partial charge in [0.25, 0.3) is 0 Å². The highest BCUT2D eigenvalue weighted by atomic mass is 32.2. The number of rotatable bonds is 10. The molecule has 1 saturated heterocycles. The van der Waals surface area contributed by atoms with Crippen molar-refractivity contribution in [2.45, 2.75) is 37.1 Å². The molecule has 182 valence electrons. The van der Waals surface area contributed by atoms with Crippen LogP contribution in [-0.4, -0.2) is 63.1 Å². The molecule has 3 rings (SSSR count). The van der Waals surface area contributed by atoms with E-state index >= 15 is 0 Å². The predicted molar refractivity (Wildman–Crippen MR) is 129 cm³/mol. The van der Waals surface area contributed by atoms with Gasteiger partial charge in [0.05, 0.1) is 11.4 Å². The van der Waals surface area contributed by atoms with Gasteiger partial charge in [0.2, 0.25) is 21.8 Å². The molecule has 0 bridgehead atoms. The smallest absolute Gasteiger partial charge is 0.240 e. The zero-order valence-corrected chi connectivity index (χ0v) is 19.9. The first-order valence-electron chi connectivity index (χ1n) is 11.2. The van der Waals surface area contributed by atoms with Gasteiger partial charge in [-0.2, -0.15) is 0 Å². The van der Waals surface area contributed by atoms with Crippen molar-refractivity contribution in [1.82, 2.24) is 14.9 Å². The number of nitrogens with one attached hydrogen (secondary N) is 3. The second-order valence-electron chi connectivity index (χ2n) is 8.26. The van der Waals surface area contributed by atoms with Crippen LogP contribution < -0.4 is 15.4 Å². The average Bonchev–Trinajstić information content (AvgIpc) is 2.81. The largest absolute Gasteiger partial charge is 0.353 e. The fourth-order valence-corrected chi connectivity index (χ4v) is 4.74. The number of likely N-dealkylation sites (tertiary alicyclic amines) is 1. The highest BCUT2D eigenvalue weighted by Gasteiger charge is 2.22. The minimum Gasteiger partial charge on any atom is -0.353 e. The van der Waals surface area contributed by atoms with Crippen molar-refractivity contribution < 1.29 is 22.8 Å². The summed E-state index contributed by atoms with van der Waals surface area (Å²) in [5, 5.41) is 5.81. The van der Waals surface area contributed by atoms with E-state index in [2.05, 4.69) is 15.4 Å². The van der Waals surface area contributed by atoms with E-state index in [1.807, 2.05) is 35.2 Å². The van der Waals surface area contributed by atoms with Crippen LogP contribution >= 0.6 is 0 Å². The Balaban J connectivity index is 1.35. The standard InChI is InChI=1S/C24H30N4O5S/c1-18(29)19-7-9-22(10-8-19)34(32,33)25-14-11-23(30)26-21-12-15-28(16-13-21)17-24(31)27-20-5-3-2-4-6-20/h2-10,21,25H,11-17H2,1H3,(H,26,30)(H,27,31). The van der Waals surface area contributed by atoms with Gasteiger partial charge in [-0.25, -0.2) is 13.1 Å². The zero-order chi connectivity index (χ0) is 24.6. The van der Waals surface area contributed by atoms with Crippen LogP contribution in [0.3, 0.4) is 0 Å². The molecule has 1 aliphatic heterocycles. The number of hydrogen-bond acceptors (Lipinski definition) is 6. The summed E-state index contributed by atoms with van der Waals surface area (Å²) in [6.45, 7) is 3.06. The minimum atomic E-state index is -3.76. The number of carbonyl (C=O) groups excluding carboxylic acids is 3. The second-order valence-corrected chi connectivity index (χ2v) is 10.0. The van der Waals surface area contributed by atoms with Crippen LogP contribution in [0.2, 0.25) is 0 Å². The van der Waals surface area contributed by atoms with Crippen molar-refractivity contribution in [3.63, 3.8) is 0 Å². The molecule has 1 fully saturated rings. The maximum absolute atomic E-state index is 12.4. The molecule has 0 spiro atoms. The Bertz CT molecular complexity index is 1100. The lowest BCUT2D eigenvalue weighted by molar-refractivity contribution is -0.122. The van der Waals surface area contributed by atoms with Gasteiger partial charge in [-0.1, -0.05) is 30.3 Å². The van der Waals surface area contributed by atoms with Crippen LogP contribution in [0.4, 0.5) is 5.69 Å². The van der Waals surface area contributed by atoms with Gasteiger partial charge in [0, 0.05) is 43.3 Å². The molecular formula is C24H30N4O5S. The summed E-state index contributed by atoms with van der Waals surface area (Å²) >= 11 is 0. The topological polar surface area (TPSA) is 125 Å². The molecule has 34 heavy (non-hydrogen) atoms. The molecule has 1 heterocycles. The highest BCUT2D eigenvalue weighted by Crippen LogP contribution is 2.13. The van der Waals surface area contributed by atoms with Crippen molar-refractivity contribution in [2.24, 2.45) is 0 Å². The Morgan fingerprint density at radius 3 is 2.21 bits per heavy atom. The number of Topliss-reactive ketones (excluding diaryl/α,β-unsaturated/α-hetero) is 1. The summed E-state index contributed by atoms with van der Waals surface area (Å²) in [5.41, 5.74) is 1.19. The Hall–Kier alpha value is -3.08. The molecule has 9 nitrogen and oxygen atoms in total.